The Balaban J connectivity index is 1.05. The third kappa shape index (κ3) is 4.46. The van der Waals surface area contributed by atoms with Crippen LogP contribution < -0.4 is 4.90 Å². The highest BCUT2D eigenvalue weighted by atomic mass is 16.3. The molecule has 0 unspecified atom stereocenters. The van der Waals surface area contributed by atoms with Crippen LogP contribution in [0.5, 0.6) is 0 Å². The molecule has 1 aliphatic rings. The molecule has 0 saturated carbocycles. The highest BCUT2D eigenvalue weighted by Crippen LogP contribution is 2.51. The van der Waals surface area contributed by atoms with Crippen molar-refractivity contribution in [2.75, 3.05) is 4.90 Å². The predicted molar refractivity (Wildman–Crippen MR) is 234 cm³/mol. The van der Waals surface area contributed by atoms with Gasteiger partial charge in [-0.25, -0.2) is 0 Å². The van der Waals surface area contributed by atoms with Crippen molar-refractivity contribution < 1.29 is 8.83 Å². The Morgan fingerprint density at radius 3 is 1.91 bits per heavy atom. The van der Waals surface area contributed by atoms with E-state index in [-0.39, 0.29) is 5.41 Å². The Kier molecular flexibility index (Phi) is 6.40. The van der Waals surface area contributed by atoms with Crippen molar-refractivity contribution in [2.24, 2.45) is 0 Å². The molecule has 0 amide bonds. The first-order valence-electron chi connectivity index (χ1n) is 19.3. The first-order valence-corrected chi connectivity index (χ1v) is 19.3. The summed E-state index contributed by atoms with van der Waals surface area (Å²) in [5, 5.41) is 9.11. The van der Waals surface area contributed by atoms with E-state index in [1.54, 1.807) is 0 Å². The summed E-state index contributed by atoms with van der Waals surface area (Å²) >= 11 is 0. The van der Waals surface area contributed by atoms with Crippen LogP contribution in [0.1, 0.15) is 25.0 Å². The van der Waals surface area contributed by atoms with Gasteiger partial charge in [-0.15, -0.1) is 0 Å². The molecule has 12 rings (SSSR count). The Morgan fingerprint density at radius 2 is 1.00 bits per heavy atom. The lowest BCUT2D eigenvalue weighted by Gasteiger charge is -2.28. The van der Waals surface area contributed by atoms with Crippen molar-refractivity contribution in [1.82, 2.24) is 0 Å². The maximum absolute atomic E-state index is 6.90. The zero-order valence-electron chi connectivity index (χ0n) is 31.0. The second-order valence-electron chi connectivity index (χ2n) is 15.7. The van der Waals surface area contributed by atoms with Crippen LogP contribution in [0.2, 0.25) is 0 Å². The Bertz CT molecular complexity index is 3420. The smallest absolute Gasteiger partial charge is 0.143 e. The summed E-state index contributed by atoms with van der Waals surface area (Å²) in [6.07, 6.45) is 0. The zero-order chi connectivity index (χ0) is 37.1. The monoisotopic (exact) mass is 717 g/mol. The number of para-hydroxylation sites is 1. The minimum Gasteiger partial charge on any atom is -0.456 e. The van der Waals surface area contributed by atoms with Crippen LogP contribution in [0.25, 0.3) is 87.7 Å². The Hall–Kier alpha value is -7.10. The van der Waals surface area contributed by atoms with Gasteiger partial charge in [0.1, 0.15) is 22.3 Å². The largest absolute Gasteiger partial charge is 0.456 e. The third-order valence-corrected chi connectivity index (χ3v) is 12.2. The van der Waals surface area contributed by atoms with Crippen molar-refractivity contribution in [3.8, 4) is 22.3 Å². The fourth-order valence-corrected chi connectivity index (χ4v) is 9.45. The number of nitrogens with zero attached hydrogens (tertiary/aromatic N) is 1. The quantitative estimate of drug-likeness (QED) is 0.182. The van der Waals surface area contributed by atoms with Crippen LogP contribution in [0.3, 0.4) is 0 Å². The molecule has 2 aromatic heterocycles. The molecule has 3 nitrogen and oxygen atoms in total. The van der Waals surface area contributed by atoms with E-state index in [0.29, 0.717) is 0 Å². The molecule has 0 atom stereocenters. The van der Waals surface area contributed by atoms with Crippen molar-refractivity contribution in [3.63, 3.8) is 0 Å². The molecular formula is C53H35NO2. The van der Waals surface area contributed by atoms with Crippen LogP contribution in [0, 0.1) is 0 Å². The number of furan rings is 2. The average Bonchev–Trinajstić information content (AvgIpc) is 3.87. The lowest BCUT2D eigenvalue weighted by atomic mass is 9.82. The van der Waals surface area contributed by atoms with Crippen molar-refractivity contribution in [3.05, 3.63) is 187 Å². The molecule has 0 bridgehead atoms. The topological polar surface area (TPSA) is 29.5 Å². The molecule has 0 spiro atoms. The summed E-state index contributed by atoms with van der Waals surface area (Å²) in [5.41, 5.74) is 14.3. The standard InChI is InChI=1S/C53H35NO2/c1-53(2)47-17-9-7-14-39(47)40-25-22-36(29-48(40)53)54(35-21-19-32-11-3-4-12-33(32)27-35)37-23-26-43-46-31-45(38-13-5-6-16-44(38)52(46)56-51(43)30-37)34-20-24-42-41-15-8-10-18-49(41)55-50(42)28-34/h3-31H,1-2H3. The average molecular weight is 718 g/mol. The Morgan fingerprint density at radius 1 is 0.375 bits per heavy atom. The van der Waals surface area contributed by atoms with E-state index in [1.807, 2.05) is 12.1 Å². The highest BCUT2D eigenvalue weighted by molar-refractivity contribution is 6.20. The molecule has 264 valence electrons. The van der Waals surface area contributed by atoms with Crippen LogP contribution in [-0.2, 0) is 5.41 Å². The molecule has 0 fully saturated rings. The van der Waals surface area contributed by atoms with Gasteiger partial charge in [-0.2, -0.15) is 0 Å². The molecule has 0 saturated heterocycles. The molecule has 11 aromatic rings. The predicted octanol–water partition coefficient (Wildman–Crippen LogP) is 15.2. The lowest BCUT2D eigenvalue weighted by molar-refractivity contribution is 0.660. The van der Waals surface area contributed by atoms with Gasteiger partial charge in [-0.05, 0) is 110 Å². The fourth-order valence-electron chi connectivity index (χ4n) is 9.45. The van der Waals surface area contributed by atoms with E-state index in [9.17, 15) is 0 Å². The SMILES string of the molecule is CC1(C)c2ccccc2-c2ccc(N(c3ccc4ccccc4c3)c3ccc4c(c3)oc3c5ccccc5c(-c5ccc6c(c5)oc5ccccc56)cc43)cc21. The van der Waals surface area contributed by atoms with Crippen LogP contribution in [-0.4, -0.2) is 0 Å². The summed E-state index contributed by atoms with van der Waals surface area (Å²) in [6.45, 7) is 4.69. The highest BCUT2D eigenvalue weighted by Gasteiger charge is 2.35. The van der Waals surface area contributed by atoms with Crippen molar-refractivity contribution in [1.29, 1.82) is 0 Å². The zero-order valence-corrected chi connectivity index (χ0v) is 31.0. The van der Waals surface area contributed by atoms with Gasteiger partial charge < -0.3 is 13.7 Å². The van der Waals surface area contributed by atoms with Gasteiger partial charge in [-0.1, -0.05) is 123 Å². The second-order valence-corrected chi connectivity index (χ2v) is 15.7. The van der Waals surface area contributed by atoms with Crippen LogP contribution >= 0.6 is 0 Å². The van der Waals surface area contributed by atoms with Gasteiger partial charge in [0.25, 0.3) is 0 Å². The molecule has 2 heterocycles. The van der Waals surface area contributed by atoms with E-state index >= 15 is 0 Å². The van der Waals surface area contributed by atoms with E-state index in [0.717, 1.165) is 82.8 Å². The number of hydrogen-bond donors (Lipinski definition) is 0. The number of anilines is 3. The summed E-state index contributed by atoms with van der Waals surface area (Å²) < 4.78 is 13.2. The molecule has 56 heavy (non-hydrogen) atoms. The number of fused-ring (bicyclic) bond motifs is 12. The molecular weight excluding hydrogens is 683 g/mol. The summed E-state index contributed by atoms with van der Waals surface area (Å²) in [6, 6.07) is 63.5. The van der Waals surface area contributed by atoms with Gasteiger partial charge in [0.2, 0.25) is 0 Å². The molecule has 1 aliphatic carbocycles. The molecule has 0 radical (unpaired) electrons. The van der Waals surface area contributed by atoms with E-state index in [2.05, 4.69) is 183 Å². The minimum absolute atomic E-state index is 0.118. The van der Waals surface area contributed by atoms with E-state index in [4.69, 9.17) is 8.83 Å². The first kappa shape index (κ1) is 31.3. The summed E-state index contributed by atoms with van der Waals surface area (Å²) in [4.78, 5) is 2.38. The normalized spacial score (nSPS) is 13.3. The maximum atomic E-state index is 6.90. The number of rotatable bonds is 4. The molecule has 0 N–H and O–H groups in total. The summed E-state index contributed by atoms with van der Waals surface area (Å²) in [5.74, 6) is 0. The van der Waals surface area contributed by atoms with Crippen molar-refractivity contribution in [2.45, 2.75) is 19.3 Å². The second kappa shape index (κ2) is 11.5. The fraction of sp³-hybridized carbons (Fsp3) is 0.0566. The Labute approximate surface area is 323 Å². The minimum atomic E-state index is -0.118. The summed E-state index contributed by atoms with van der Waals surface area (Å²) in [7, 11) is 0. The van der Waals surface area contributed by atoms with Crippen LogP contribution in [0.4, 0.5) is 17.1 Å². The maximum Gasteiger partial charge on any atom is 0.143 e. The van der Waals surface area contributed by atoms with Crippen LogP contribution in [0.15, 0.2) is 185 Å². The molecule has 3 heteroatoms. The first-order chi connectivity index (χ1) is 27.5. The lowest BCUT2D eigenvalue weighted by Crippen LogP contribution is -2.16. The number of benzene rings is 9. The van der Waals surface area contributed by atoms with Crippen molar-refractivity contribution >= 4 is 82.5 Å². The van der Waals surface area contributed by atoms with Gasteiger partial charge >= 0.3 is 0 Å². The number of hydrogen-bond acceptors (Lipinski definition) is 3. The third-order valence-electron chi connectivity index (χ3n) is 12.2. The van der Waals surface area contributed by atoms with E-state index < -0.39 is 0 Å². The van der Waals surface area contributed by atoms with Gasteiger partial charge in [-0.3, -0.25) is 0 Å². The van der Waals surface area contributed by atoms with Gasteiger partial charge in [0, 0.05) is 55.5 Å². The van der Waals surface area contributed by atoms with Gasteiger partial charge in [0.05, 0.1) is 0 Å². The van der Waals surface area contributed by atoms with E-state index in [1.165, 1.54) is 33.0 Å². The molecule has 0 aliphatic heterocycles. The molecule has 9 aromatic carbocycles. The van der Waals surface area contributed by atoms with Gasteiger partial charge in [0.15, 0.2) is 0 Å².